The van der Waals surface area contributed by atoms with Crippen molar-refractivity contribution < 1.29 is 0 Å². The average molecular weight is 237 g/mol. The van der Waals surface area contributed by atoms with Gasteiger partial charge in [0.15, 0.2) is 0 Å². The van der Waals surface area contributed by atoms with Gasteiger partial charge < -0.3 is 9.88 Å². The molecule has 1 rings (SSSR count). The Morgan fingerprint density at radius 1 is 1.29 bits per heavy atom. The van der Waals surface area contributed by atoms with Crippen LogP contribution in [0.2, 0.25) is 0 Å². The van der Waals surface area contributed by atoms with Crippen molar-refractivity contribution >= 4 is 0 Å². The molecule has 1 N–H and O–H groups in total. The molecule has 1 heterocycles. The molecule has 3 nitrogen and oxygen atoms in total. The molecule has 0 aromatic carbocycles. The van der Waals surface area contributed by atoms with Crippen LogP contribution < -0.4 is 5.32 Å². The SMILES string of the molecule is CCCNC(CC(C)C)c1nccn1CCC. The molecule has 0 aliphatic carbocycles. The Balaban J connectivity index is 2.75. The summed E-state index contributed by atoms with van der Waals surface area (Å²) in [4.78, 5) is 4.54. The number of nitrogens with zero attached hydrogens (tertiary/aromatic N) is 2. The summed E-state index contributed by atoms with van der Waals surface area (Å²) in [6.07, 6.45) is 7.50. The van der Waals surface area contributed by atoms with Gasteiger partial charge in [0.05, 0.1) is 6.04 Å². The Kier molecular flexibility index (Phi) is 6.27. The van der Waals surface area contributed by atoms with Gasteiger partial charge in [0.2, 0.25) is 0 Å². The minimum Gasteiger partial charge on any atom is -0.334 e. The third kappa shape index (κ3) is 4.50. The van der Waals surface area contributed by atoms with Gasteiger partial charge in [0.25, 0.3) is 0 Å². The van der Waals surface area contributed by atoms with Crippen molar-refractivity contribution in [2.75, 3.05) is 6.54 Å². The van der Waals surface area contributed by atoms with Crippen molar-refractivity contribution in [3.8, 4) is 0 Å². The maximum absolute atomic E-state index is 4.54. The molecule has 0 bridgehead atoms. The van der Waals surface area contributed by atoms with Crippen LogP contribution in [0, 0.1) is 5.92 Å². The first-order valence-electron chi connectivity index (χ1n) is 6.93. The lowest BCUT2D eigenvalue weighted by atomic mass is 10.0. The second kappa shape index (κ2) is 7.49. The van der Waals surface area contributed by atoms with Crippen LogP contribution in [-0.4, -0.2) is 16.1 Å². The molecular formula is C14H27N3. The van der Waals surface area contributed by atoms with E-state index in [1.807, 2.05) is 6.20 Å². The van der Waals surface area contributed by atoms with E-state index >= 15 is 0 Å². The van der Waals surface area contributed by atoms with Crippen molar-refractivity contribution in [2.45, 2.75) is 59.5 Å². The van der Waals surface area contributed by atoms with E-state index in [0.29, 0.717) is 12.0 Å². The second-order valence-corrected chi connectivity index (χ2v) is 5.12. The molecule has 0 amide bonds. The molecule has 0 saturated carbocycles. The van der Waals surface area contributed by atoms with E-state index in [2.05, 4.69) is 48.8 Å². The largest absolute Gasteiger partial charge is 0.334 e. The van der Waals surface area contributed by atoms with Crippen LogP contribution in [0.1, 0.15) is 58.8 Å². The first-order valence-corrected chi connectivity index (χ1v) is 6.93. The molecule has 17 heavy (non-hydrogen) atoms. The van der Waals surface area contributed by atoms with Crippen LogP contribution in [0.4, 0.5) is 0 Å². The summed E-state index contributed by atoms with van der Waals surface area (Å²) in [5.41, 5.74) is 0. The van der Waals surface area contributed by atoms with Crippen molar-refractivity contribution in [1.82, 2.24) is 14.9 Å². The molecule has 1 atom stereocenters. The zero-order chi connectivity index (χ0) is 12.7. The molecule has 1 unspecified atom stereocenters. The minimum atomic E-state index is 0.400. The number of aromatic nitrogens is 2. The van der Waals surface area contributed by atoms with Crippen molar-refractivity contribution in [3.63, 3.8) is 0 Å². The molecule has 0 spiro atoms. The van der Waals surface area contributed by atoms with Gasteiger partial charge in [0.1, 0.15) is 5.82 Å². The highest BCUT2D eigenvalue weighted by molar-refractivity contribution is 5.00. The molecule has 1 aromatic heterocycles. The summed E-state index contributed by atoms with van der Waals surface area (Å²) in [7, 11) is 0. The molecule has 98 valence electrons. The van der Waals surface area contributed by atoms with Crippen molar-refractivity contribution in [1.29, 1.82) is 0 Å². The Bertz CT molecular complexity index is 304. The fourth-order valence-corrected chi connectivity index (χ4v) is 2.13. The molecular weight excluding hydrogens is 210 g/mol. The lowest BCUT2D eigenvalue weighted by Crippen LogP contribution is -2.26. The summed E-state index contributed by atoms with van der Waals surface area (Å²) >= 11 is 0. The van der Waals surface area contributed by atoms with Crippen LogP contribution in [0.15, 0.2) is 12.4 Å². The Hall–Kier alpha value is -0.830. The maximum atomic E-state index is 4.54. The third-order valence-electron chi connectivity index (χ3n) is 2.87. The van der Waals surface area contributed by atoms with Gasteiger partial charge in [-0.15, -0.1) is 0 Å². The lowest BCUT2D eigenvalue weighted by Gasteiger charge is -2.21. The zero-order valence-electron chi connectivity index (χ0n) is 11.7. The van der Waals surface area contributed by atoms with Gasteiger partial charge in [-0.05, 0) is 31.7 Å². The van der Waals surface area contributed by atoms with Gasteiger partial charge in [-0.2, -0.15) is 0 Å². The molecule has 0 radical (unpaired) electrons. The molecule has 0 aliphatic heterocycles. The predicted octanol–water partition coefficient (Wildman–Crippen LogP) is 3.38. The number of imidazole rings is 1. The fraction of sp³-hybridized carbons (Fsp3) is 0.786. The quantitative estimate of drug-likeness (QED) is 0.751. The van der Waals surface area contributed by atoms with Crippen LogP contribution in [0.25, 0.3) is 0 Å². The number of aryl methyl sites for hydroxylation is 1. The van der Waals surface area contributed by atoms with Gasteiger partial charge in [0, 0.05) is 18.9 Å². The topological polar surface area (TPSA) is 29.9 Å². The fourth-order valence-electron chi connectivity index (χ4n) is 2.13. The van der Waals surface area contributed by atoms with Gasteiger partial charge in [-0.1, -0.05) is 27.7 Å². The van der Waals surface area contributed by atoms with E-state index < -0.39 is 0 Å². The smallest absolute Gasteiger partial charge is 0.125 e. The highest BCUT2D eigenvalue weighted by Gasteiger charge is 2.17. The van der Waals surface area contributed by atoms with Crippen LogP contribution in [0.3, 0.4) is 0 Å². The summed E-state index contributed by atoms with van der Waals surface area (Å²) in [5, 5.41) is 3.62. The average Bonchev–Trinajstić information content (AvgIpc) is 2.72. The van der Waals surface area contributed by atoms with Crippen molar-refractivity contribution in [3.05, 3.63) is 18.2 Å². The Morgan fingerprint density at radius 2 is 2.06 bits per heavy atom. The van der Waals surface area contributed by atoms with Crippen molar-refractivity contribution in [2.24, 2.45) is 5.92 Å². The van der Waals surface area contributed by atoms with E-state index in [9.17, 15) is 0 Å². The van der Waals surface area contributed by atoms with Crippen LogP contribution >= 0.6 is 0 Å². The lowest BCUT2D eigenvalue weighted by molar-refractivity contribution is 0.400. The molecule has 0 aliphatic rings. The van der Waals surface area contributed by atoms with E-state index in [4.69, 9.17) is 0 Å². The first-order chi connectivity index (χ1) is 8.19. The van der Waals surface area contributed by atoms with Crippen LogP contribution in [0.5, 0.6) is 0 Å². The van der Waals surface area contributed by atoms with Gasteiger partial charge in [-0.3, -0.25) is 0 Å². The summed E-state index contributed by atoms with van der Waals surface area (Å²) < 4.78 is 2.29. The van der Waals surface area contributed by atoms with E-state index in [1.54, 1.807) is 0 Å². The number of nitrogens with one attached hydrogen (secondary N) is 1. The van der Waals surface area contributed by atoms with Gasteiger partial charge >= 0.3 is 0 Å². The molecule has 1 aromatic rings. The van der Waals surface area contributed by atoms with E-state index in [-0.39, 0.29) is 0 Å². The number of rotatable bonds is 8. The highest BCUT2D eigenvalue weighted by Crippen LogP contribution is 2.20. The predicted molar refractivity (Wildman–Crippen MR) is 73.0 cm³/mol. The minimum absolute atomic E-state index is 0.400. The summed E-state index contributed by atoms with van der Waals surface area (Å²) in [6.45, 7) is 11.1. The molecule has 3 heteroatoms. The number of hydrogen-bond acceptors (Lipinski definition) is 2. The van der Waals surface area contributed by atoms with E-state index in [1.165, 1.54) is 12.2 Å². The maximum Gasteiger partial charge on any atom is 0.125 e. The summed E-state index contributed by atoms with van der Waals surface area (Å²) in [6, 6.07) is 0.400. The number of hydrogen-bond donors (Lipinski definition) is 1. The van der Waals surface area contributed by atoms with E-state index in [0.717, 1.165) is 25.9 Å². The monoisotopic (exact) mass is 237 g/mol. The molecule has 0 fully saturated rings. The Morgan fingerprint density at radius 3 is 2.65 bits per heavy atom. The highest BCUT2D eigenvalue weighted by atomic mass is 15.1. The second-order valence-electron chi connectivity index (χ2n) is 5.12. The van der Waals surface area contributed by atoms with Crippen LogP contribution in [-0.2, 0) is 6.54 Å². The zero-order valence-corrected chi connectivity index (χ0v) is 11.7. The standard InChI is InChI=1S/C14H27N3/c1-5-7-15-13(11-12(3)4)14-16-8-10-17(14)9-6-2/h8,10,12-13,15H,5-7,9,11H2,1-4H3. The first kappa shape index (κ1) is 14.2. The van der Waals surface area contributed by atoms with Gasteiger partial charge in [-0.25, -0.2) is 4.98 Å². The third-order valence-corrected chi connectivity index (χ3v) is 2.87. The normalized spacial score (nSPS) is 13.2. The summed E-state index contributed by atoms with van der Waals surface area (Å²) in [5.74, 6) is 1.89. The molecule has 0 saturated heterocycles. The Labute approximate surface area is 106 Å².